The van der Waals surface area contributed by atoms with E-state index in [4.69, 9.17) is 9.15 Å². The first-order chi connectivity index (χ1) is 21.0. The largest absolute Gasteiger partial charge is 0.472 e. The van der Waals surface area contributed by atoms with Crippen molar-refractivity contribution in [1.82, 2.24) is 9.80 Å². The van der Waals surface area contributed by atoms with E-state index >= 15 is 0 Å². The molecule has 7 rings (SSSR count). The number of furan rings is 1. The van der Waals surface area contributed by atoms with E-state index in [9.17, 15) is 5.11 Å². The van der Waals surface area contributed by atoms with Crippen LogP contribution in [0.25, 0.3) is 0 Å². The van der Waals surface area contributed by atoms with Crippen molar-refractivity contribution in [3.63, 3.8) is 0 Å². The minimum Gasteiger partial charge on any atom is -0.472 e. The predicted molar refractivity (Wildman–Crippen MR) is 176 cm³/mol. The van der Waals surface area contributed by atoms with Gasteiger partial charge in [-0.2, -0.15) is 0 Å². The second kappa shape index (κ2) is 13.3. The number of rotatable bonds is 11. The zero-order valence-corrected chi connectivity index (χ0v) is 28.1. The molecule has 2 saturated heterocycles. The Hall–Kier alpha value is -0.530. The second-order valence-electron chi connectivity index (χ2n) is 16.1. The number of ether oxygens (including phenoxy) is 1. The number of likely N-dealkylation sites (tertiary alicyclic amines) is 2. The molecule has 5 unspecified atom stereocenters. The molecule has 6 fully saturated rings. The van der Waals surface area contributed by atoms with Crippen LogP contribution in [0.15, 0.2) is 23.0 Å². The standard InChI is InChI=1S/C37H60N2O3S/c1-36-13-11-33-30(32(36)10-9-31(36)27-12-19-42-26-27)8-7-29-24-34(40)28(25-37(29,33)2)23-35(39-16-5-6-17-39)43-22-21-41-20-18-38-14-3-4-15-38/h12,19,26,28-35,40H,3-11,13-18,20-25H2,1-2H3/t28?,29?,30-,31?,32-,33+,34?,35?,36+,37-/m0/s1. The molecule has 1 N–H and O–H groups in total. The molecule has 43 heavy (non-hydrogen) atoms. The third-order valence-corrected chi connectivity index (χ3v) is 15.4. The zero-order valence-electron chi connectivity index (χ0n) is 27.3. The molecule has 4 aliphatic carbocycles. The van der Waals surface area contributed by atoms with Crippen LogP contribution in [0.5, 0.6) is 0 Å². The molecule has 0 bridgehead atoms. The molecular formula is C37H60N2O3S. The Balaban J connectivity index is 0.988. The van der Waals surface area contributed by atoms with Crippen molar-refractivity contribution < 1.29 is 14.3 Å². The highest BCUT2D eigenvalue weighted by Crippen LogP contribution is 2.69. The fourth-order valence-electron chi connectivity index (χ4n) is 11.8. The molecule has 1 aromatic heterocycles. The normalized spacial score (nSPS) is 42.5. The molecule has 2 aliphatic heterocycles. The molecule has 242 valence electrons. The lowest BCUT2D eigenvalue weighted by atomic mass is 9.43. The van der Waals surface area contributed by atoms with Crippen molar-refractivity contribution in [2.45, 2.75) is 115 Å². The van der Waals surface area contributed by atoms with E-state index in [2.05, 4.69) is 41.5 Å². The number of aliphatic hydroxyl groups is 1. The monoisotopic (exact) mass is 612 g/mol. The molecule has 6 aliphatic rings. The first-order valence-electron chi connectivity index (χ1n) is 18.3. The Labute approximate surface area is 266 Å². The van der Waals surface area contributed by atoms with Gasteiger partial charge in [0.05, 0.1) is 37.2 Å². The van der Waals surface area contributed by atoms with Crippen molar-refractivity contribution in [3.05, 3.63) is 24.2 Å². The van der Waals surface area contributed by atoms with Gasteiger partial charge >= 0.3 is 0 Å². The minimum atomic E-state index is -0.122. The van der Waals surface area contributed by atoms with E-state index in [1.165, 1.54) is 102 Å². The number of hydrogen-bond donors (Lipinski definition) is 1. The molecule has 6 heteroatoms. The van der Waals surface area contributed by atoms with Crippen molar-refractivity contribution in [1.29, 1.82) is 0 Å². The fourth-order valence-corrected chi connectivity index (χ4v) is 13.1. The number of fused-ring (bicyclic) bond motifs is 5. The van der Waals surface area contributed by atoms with E-state index in [0.29, 0.717) is 34.0 Å². The summed E-state index contributed by atoms with van der Waals surface area (Å²) in [7, 11) is 0. The van der Waals surface area contributed by atoms with E-state index in [-0.39, 0.29) is 6.10 Å². The van der Waals surface area contributed by atoms with Crippen LogP contribution >= 0.6 is 11.8 Å². The first kappa shape index (κ1) is 31.1. The van der Waals surface area contributed by atoms with Crippen LogP contribution in [-0.4, -0.2) is 78.1 Å². The molecule has 4 saturated carbocycles. The third-order valence-electron chi connectivity index (χ3n) is 14.1. The van der Waals surface area contributed by atoms with Crippen LogP contribution < -0.4 is 0 Å². The molecule has 0 aromatic carbocycles. The molecule has 0 radical (unpaired) electrons. The summed E-state index contributed by atoms with van der Waals surface area (Å²) in [6, 6.07) is 2.24. The van der Waals surface area contributed by atoms with Gasteiger partial charge in [-0.15, -0.1) is 11.8 Å². The van der Waals surface area contributed by atoms with Gasteiger partial charge in [0.15, 0.2) is 0 Å². The molecule has 5 nitrogen and oxygen atoms in total. The van der Waals surface area contributed by atoms with Gasteiger partial charge in [0.2, 0.25) is 0 Å². The Morgan fingerprint density at radius 3 is 2.56 bits per heavy atom. The Morgan fingerprint density at radius 2 is 1.77 bits per heavy atom. The van der Waals surface area contributed by atoms with Crippen molar-refractivity contribution in [2.24, 2.45) is 40.4 Å². The Kier molecular flexibility index (Phi) is 9.61. The van der Waals surface area contributed by atoms with Crippen LogP contribution in [0.4, 0.5) is 0 Å². The van der Waals surface area contributed by atoms with Crippen molar-refractivity contribution in [3.8, 4) is 0 Å². The second-order valence-corrected chi connectivity index (χ2v) is 17.4. The maximum atomic E-state index is 11.6. The van der Waals surface area contributed by atoms with Gasteiger partial charge in [-0.3, -0.25) is 4.90 Å². The van der Waals surface area contributed by atoms with Gasteiger partial charge in [-0.25, -0.2) is 0 Å². The summed E-state index contributed by atoms with van der Waals surface area (Å²) < 4.78 is 11.7. The SMILES string of the molecule is C[C@]12CC(CC(SCCOCCN3CCCC3)N3CCCC3)C(O)CC1CC[C@@H]1[C@H]2CC[C@]2(C)C(c3ccoc3)CC[C@@H]12. The summed E-state index contributed by atoms with van der Waals surface area (Å²) in [5, 5.41) is 12.2. The molecule has 1 aromatic rings. The highest BCUT2D eigenvalue weighted by Gasteiger charge is 2.61. The topological polar surface area (TPSA) is 49.1 Å². The Bertz CT molecular complexity index is 1030. The third kappa shape index (κ3) is 6.15. The van der Waals surface area contributed by atoms with Crippen LogP contribution in [0.1, 0.15) is 109 Å². The van der Waals surface area contributed by atoms with Crippen molar-refractivity contribution >= 4 is 11.8 Å². The zero-order chi connectivity index (χ0) is 29.4. The van der Waals surface area contributed by atoms with Crippen LogP contribution in [0.3, 0.4) is 0 Å². The number of aliphatic hydroxyl groups excluding tert-OH is 1. The van der Waals surface area contributed by atoms with Gasteiger partial charge in [0.25, 0.3) is 0 Å². The quantitative estimate of drug-likeness (QED) is 0.259. The highest BCUT2D eigenvalue weighted by molar-refractivity contribution is 7.99. The van der Waals surface area contributed by atoms with Gasteiger partial charge in [0.1, 0.15) is 0 Å². The lowest BCUT2D eigenvalue weighted by Crippen LogP contribution is -2.55. The van der Waals surface area contributed by atoms with Crippen LogP contribution in [0, 0.1) is 40.4 Å². The number of nitrogens with zero attached hydrogens (tertiary/aromatic N) is 2. The summed E-state index contributed by atoms with van der Waals surface area (Å²) >= 11 is 2.13. The van der Waals surface area contributed by atoms with Crippen LogP contribution in [-0.2, 0) is 4.74 Å². The minimum absolute atomic E-state index is 0.122. The molecule has 0 spiro atoms. The fraction of sp³-hybridized carbons (Fsp3) is 0.892. The van der Waals surface area contributed by atoms with Gasteiger partial charge in [0, 0.05) is 12.3 Å². The average Bonchev–Trinajstić information content (AvgIpc) is 3.82. The summed E-state index contributed by atoms with van der Waals surface area (Å²) in [4.78, 5) is 5.30. The van der Waals surface area contributed by atoms with E-state index in [1.54, 1.807) is 0 Å². The summed E-state index contributed by atoms with van der Waals surface area (Å²) in [5.74, 6) is 5.45. The van der Waals surface area contributed by atoms with E-state index < -0.39 is 0 Å². The summed E-state index contributed by atoms with van der Waals surface area (Å²) in [6.45, 7) is 13.1. The maximum Gasteiger partial charge on any atom is 0.0937 e. The van der Waals surface area contributed by atoms with Crippen LogP contribution in [0.2, 0.25) is 0 Å². The van der Waals surface area contributed by atoms with Crippen molar-refractivity contribution in [2.75, 3.05) is 51.7 Å². The summed E-state index contributed by atoms with van der Waals surface area (Å²) in [5.41, 5.74) is 2.27. The molecule has 3 heterocycles. The van der Waals surface area contributed by atoms with Gasteiger partial charge < -0.3 is 19.2 Å². The number of thioether (sulfide) groups is 1. The van der Waals surface area contributed by atoms with E-state index in [1.807, 2.05) is 12.5 Å². The first-order valence-corrected chi connectivity index (χ1v) is 19.4. The molecule has 0 amide bonds. The lowest BCUT2D eigenvalue weighted by molar-refractivity contribution is -0.141. The van der Waals surface area contributed by atoms with Gasteiger partial charge in [-0.1, -0.05) is 13.8 Å². The Morgan fingerprint density at radius 1 is 0.977 bits per heavy atom. The van der Waals surface area contributed by atoms with Gasteiger partial charge in [-0.05, 0) is 168 Å². The summed E-state index contributed by atoms with van der Waals surface area (Å²) in [6.07, 6.45) is 20.8. The number of hydrogen-bond acceptors (Lipinski definition) is 6. The highest BCUT2D eigenvalue weighted by atomic mass is 32.2. The average molecular weight is 613 g/mol. The smallest absolute Gasteiger partial charge is 0.0937 e. The molecular weight excluding hydrogens is 552 g/mol. The molecule has 10 atom stereocenters. The lowest BCUT2D eigenvalue weighted by Gasteiger charge is -2.62. The maximum absolute atomic E-state index is 11.6. The van der Waals surface area contributed by atoms with E-state index in [0.717, 1.165) is 56.1 Å². The predicted octanol–water partition coefficient (Wildman–Crippen LogP) is 7.65.